The number of hydrogen-bond acceptors (Lipinski definition) is 4. The van der Waals surface area contributed by atoms with Crippen LogP contribution in [0.15, 0.2) is 30.6 Å². The summed E-state index contributed by atoms with van der Waals surface area (Å²) in [5.74, 6) is -1.64. The molecule has 136 valence electrons. The monoisotopic (exact) mass is 347 g/mol. The second-order valence-electron chi connectivity index (χ2n) is 6.00. The maximum Gasteiger partial charge on any atom is 0.308 e. The summed E-state index contributed by atoms with van der Waals surface area (Å²) in [6, 6.07) is 5.66. The first-order chi connectivity index (χ1) is 12.0. The molecule has 0 bridgehead atoms. The number of imidazole rings is 1. The molecular weight excluding hydrogens is 322 g/mol. The van der Waals surface area contributed by atoms with E-state index in [0.29, 0.717) is 31.9 Å². The average molecular weight is 347 g/mol. The lowest BCUT2D eigenvalue weighted by Crippen LogP contribution is -2.39. The fourth-order valence-corrected chi connectivity index (χ4v) is 2.57. The van der Waals surface area contributed by atoms with Gasteiger partial charge in [0.2, 0.25) is 5.91 Å². The maximum atomic E-state index is 12.7. The fraction of sp³-hybridized carbons (Fsp3) is 0.500. The lowest BCUT2D eigenvalue weighted by Gasteiger charge is -2.24. The highest BCUT2D eigenvalue weighted by Gasteiger charge is 2.21. The van der Waals surface area contributed by atoms with Gasteiger partial charge in [-0.05, 0) is 25.5 Å². The summed E-state index contributed by atoms with van der Waals surface area (Å²) >= 11 is 0. The number of carbonyl (C=O) groups is 2. The number of carboxylic acid groups (broad SMARTS) is 1. The number of aromatic nitrogens is 2. The Kier molecular flexibility index (Phi) is 6.94. The molecule has 0 aliphatic heterocycles. The smallest absolute Gasteiger partial charge is 0.308 e. The van der Waals surface area contributed by atoms with Crippen molar-refractivity contribution in [2.45, 2.75) is 26.7 Å². The third-order valence-electron chi connectivity index (χ3n) is 3.94. The van der Waals surface area contributed by atoms with Gasteiger partial charge in [-0.3, -0.25) is 9.59 Å². The molecule has 0 aliphatic carbocycles. The van der Waals surface area contributed by atoms with E-state index in [4.69, 9.17) is 9.84 Å². The number of rotatable bonds is 10. The van der Waals surface area contributed by atoms with Gasteiger partial charge in [-0.2, -0.15) is 0 Å². The van der Waals surface area contributed by atoms with E-state index >= 15 is 0 Å². The Hall–Kier alpha value is -2.41. The quantitative estimate of drug-likeness (QED) is 0.663. The second-order valence-corrected chi connectivity index (χ2v) is 6.00. The highest BCUT2D eigenvalue weighted by Crippen LogP contribution is 2.09. The zero-order valence-electron chi connectivity index (χ0n) is 14.7. The largest absolute Gasteiger partial charge is 0.481 e. The van der Waals surface area contributed by atoms with Crippen LogP contribution in [0.4, 0.5) is 0 Å². The van der Waals surface area contributed by atoms with Crippen molar-refractivity contribution < 1.29 is 19.4 Å². The Labute approximate surface area is 147 Å². The van der Waals surface area contributed by atoms with E-state index in [-0.39, 0.29) is 18.9 Å². The molecule has 1 amide bonds. The Balaban J connectivity index is 2.02. The van der Waals surface area contributed by atoms with E-state index in [2.05, 4.69) is 4.98 Å². The van der Waals surface area contributed by atoms with Gasteiger partial charge in [-0.1, -0.05) is 13.0 Å². The second kappa shape index (κ2) is 9.17. The van der Waals surface area contributed by atoms with Crippen molar-refractivity contribution in [1.29, 1.82) is 0 Å². The minimum Gasteiger partial charge on any atom is -0.481 e. The molecule has 7 heteroatoms. The van der Waals surface area contributed by atoms with Crippen molar-refractivity contribution in [3.8, 4) is 0 Å². The lowest BCUT2D eigenvalue weighted by molar-refractivity contribution is -0.143. The number of nitrogens with zero attached hydrogens (tertiary/aromatic N) is 3. The molecule has 1 N–H and O–H groups in total. The summed E-state index contributed by atoms with van der Waals surface area (Å²) < 4.78 is 7.17. The topological polar surface area (TPSA) is 84.1 Å². The summed E-state index contributed by atoms with van der Waals surface area (Å²) in [6.45, 7) is 5.36. The Morgan fingerprint density at radius 2 is 2.20 bits per heavy atom. The molecule has 1 unspecified atom stereocenters. The average Bonchev–Trinajstić information content (AvgIpc) is 2.99. The summed E-state index contributed by atoms with van der Waals surface area (Å²) in [4.78, 5) is 29.8. The predicted molar refractivity (Wildman–Crippen MR) is 93.4 cm³/mol. The van der Waals surface area contributed by atoms with Crippen LogP contribution in [0.5, 0.6) is 0 Å². The molecule has 0 saturated carbocycles. The van der Waals surface area contributed by atoms with E-state index < -0.39 is 11.9 Å². The molecule has 0 saturated heterocycles. The van der Waals surface area contributed by atoms with Crippen molar-refractivity contribution >= 4 is 17.5 Å². The van der Waals surface area contributed by atoms with E-state index in [9.17, 15) is 9.59 Å². The highest BCUT2D eigenvalue weighted by molar-refractivity contribution is 5.79. The number of ether oxygens (including phenoxy) is 1. The number of hydrogen-bond donors (Lipinski definition) is 1. The molecular formula is C18H25N3O4. The van der Waals surface area contributed by atoms with E-state index in [1.54, 1.807) is 11.8 Å². The van der Waals surface area contributed by atoms with Crippen LogP contribution in [-0.4, -0.2) is 57.6 Å². The van der Waals surface area contributed by atoms with Gasteiger partial charge in [0.1, 0.15) is 5.65 Å². The van der Waals surface area contributed by atoms with E-state index in [1.165, 1.54) is 0 Å². The summed E-state index contributed by atoms with van der Waals surface area (Å²) in [5, 5.41) is 9.13. The van der Waals surface area contributed by atoms with Crippen LogP contribution < -0.4 is 0 Å². The van der Waals surface area contributed by atoms with Crippen LogP contribution in [0.25, 0.3) is 5.65 Å². The molecule has 25 heavy (non-hydrogen) atoms. The lowest BCUT2D eigenvalue weighted by atomic mass is 10.1. The van der Waals surface area contributed by atoms with Crippen molar-refractivity contribution in [2.75, 3.05) is 26.3 Å². The number of pyridine rings is 1. The van der Waals surface area contributed by atoms with Crippen LogP contribution in [0, 0.1) is 5.92 Å². The number of amides is 1. The van der Waals surface area contributed by atoms with Crippen molar-refractivity contribution in [2.24, 2.45) is 5.92 Å². The summed E-state index contributed by atoms with van der Waals surface area (Å²) in [6.07, 6.45) is 4.54. The van der Waals surface area contributed by atoms with Gasteiger partial charge in [0.25, 0.3) is 0 Å². The Bertz CT molecular complexity index is 680. The van der Waals surface area contributed by atoms with Crippen molar-refractivity contribution in [3.05, 3.63) is 36.3 Å². The van der Waals surface area contributed by atoms with Crippen molar-refractivity contribution in [1.82, 2.24) is 14.3 Å². The highest BCUT2D eigenvalue weighted by atomic mass is 16.5. The minimum absolute atomic E-state index is 0.118. The molecule has 0 spiro atoms. The predicted octanol–water partition coefficient (Wildman–Crippen LogP) is 1.85. The third-order valence-corrected chi connectivity index (χ3v) is 3.94. The zero-order chi connectivity index (χ0) is 18.2. The molecule has 7 nitrogen and oxygen atoms in total. The minimum atomic E-state index is -0.907. The third kappa shape index (κ3) is 5.56. The first-order valence-electron chi connectivity index (χ1n) is 8.52. The van der Waals surface area contributed by atoms with Crippen molar-refractivity contribution in [3.63, 3.8) is 0 Å². The molecule has 0 fully saturated rings. The number of carboxylic acids is 1. The summed E-state index contributed by atoms with van der Waals surface area (Å²) in [5.41, 5.74) is 1.46. The Morgan fingerprint density at radius 3 is 2.88 bits per heavy atom. The molecule has 2 aromatic heterocycles. The first-order valence-corrected chi connectivity index (χ1v) is 8.52. The van der Waals surface area contributed by atoms with Gasteiger partial charge in [0.15, 0.2) is 0 Å². The first kappa shape index (κ1) is 18.9. The number of carbonyl (C=O) groups excluding carboxylic acids is 1. The van der Waals surface area contributed by atoms with Gasteiger partial charge >= 0.3 is 5.97 Å². The fourth-order valence-electron chi connectivity index (χ4n) is 2.57. The van der Waals surface area contributed by atoms with Crippen LogP contribution in [0.1, 0.15) is 26.0 Å². The summed E-state index contributed by atoms with van der Waals surface area (Å²) in [7, 11) is 0. The number of aliphatic carboxylic acids is 1. The molecule has 0 aliphatic rings. The van der Waals surface area contributed by atoms with Gasteiger partial charge in [-0.15, -0.1) is 0 Å². The molecule has 0 aromatic carbocycles. The molecule has 0 radical (unpaired) electrons. The van der Waals surface area contributed by atoms with Crippen LogP contribution >= 0.6 is 0 Å². The van der Waals surface area contributed by atoms with Gasteiger partial charge in [0.05, 0.1) is 18.0 Å². The van der Waals surface area contributed by atoms with Gasteiger partial charge < -0.3 is 19.1 Å². The van der Waals surface area contributed by atoms with E-state index in [0.717, 1.165) is 5.65 Å². The van der Waals surface area contributed by atoms with Crippen LogP contribution in [0.2, 0.25) is 0 Å². The molecule has 2 rings (SSSR count). The van der Waals surface area contributed by atoms with Gasteiger partial charge in [-0.25, -0.2) is 4.98 Å². The maximum absolute atomic E-state index is 12.7. The SMILES string of the molecule is CCOCCCN(CC(C)C(=O)O)C(=O)Cc1cn2ccccc2n1. The Morgan fingerprint density at radius 1 is 1.40 bits per heavy atom. The number of fused-ring (bicyclic) bond motifs is 1. The molecule has 2 heterocycles. The standard InChI is InChI=1S/C18H25N3O4/c1-3-25-10-6-9-21(12-14(2)18(23)24)17(22)11-15-13-20-8-5-4-7-16(20)19-15/h4-5,7-8,13-14H,3,6,9-12H2,1-2H3,(H,23,24). The normalized spacial score (nSPS) is 12.2. The molecule has 1 atom stereocenters. The van der Waals surface area contributed by atoms with Crippen LogP contribution in [0.3, 0.4) is 0 Å². The zero-order valence-corrected chi connectivity index (χ0v) is 14.7. The van der Waals surface area contributed by atoms with Crippen LogP contribution in [-0.2, 0) is 20.7 Å². The van der Waals surface area contributed by atoms with Gasteiger partial charge in [0, 0.05) is 38.7 Å². The van der Waals surface area contributed by atoms with E-state index in [1.807, 2.05) is 41.9 Å². The molecule has 2 aromatic rings.